The number of rotatable bonds is 7. The van der Waals surface area contributed by atoms with Gasteiger partial charge in [-0.25, -0.2) is 4.79 Å². The molecule has 4 nitrogen and oxygen atoms in total. The van der Waals surface area contributed by atoms with Gasteiger partial charge in [0.25, 0.3) is 0 Å². The Labute approximate surface area is 181 Å². The Bertz CT molecular complexity index is 779. The molecule has 1 fully saturated rings. The van der Waals surface area contributed by atoms with Gasteiger partial charge in [-0.05, 0) is 84.7 Å². The number of thiophene rings is 1. The Balaban J connectivity index is 1.63. The predicted octanol–water partition coefficient (Wildman–Crippen LogP) is 6.12. The van der Waals surface area contributed by atoms with Crippen LogP contribution in [0.25, 0.3) is 0 Å². The summed E-state index contributed by atoms with van der Waals surface area (Å²) in [5, 5.41) is 5.17. The Morgan fingerprint density at radius 1 is 1.32 bits per heavy atom. The molecule has 1 N–H and O–H groups in total. The van der Waals surface area contributed by atoms with Crippen molar-refractivity contribution in [2.24, 2.45) is 0 Å². The van der Waals surface area contributed by atoms with Gasteiger partial charge in [-0.3, -0.25) is 0 Å². The number of likely N-dealkylation sites (tertiary alicyclic amines) is 1. The predicted molar refractivity (Wildman–Crippen MR) is 122 cm³/mol. The summed E-state index contributed by atoms with van der Waals surface area (Å²) < 4.78 is 0.901. The van der Waals surface area contributed by atoms with Crippen molar-refractivity contribution >= 4 is 39.0 Å². The van der Waals surface area contributed by atoms with Crippen LogP contribution in [0.1, 0.15) is 43.0 Å². The lowest BCUT2D eigenvalue weighted by Crippen LogP contribution is -2.40. The minimum atomic E-state index is -0.0357. The molecule has 1 aromatic heterocycles. The van der Waals surface area contributed by atoms with Crippen molar-refractivity contribution < 1.29 is 4.79 Å². The standard InChI is InChI=1S/C22H30BrN3OS/c1-17-11-15-28-21(17)16-26(14-7-13-25-12-6-5-8-18(25)2)22(27)24-20-10-4-3-9-19(20)23/h3-4,9-11,15,18H,5-8,12-14,16H2,1-2H3,(H,24,27). The van der Waals surface area contributed by atoms with Crippen LogP contribution < -0.4 is 5.32 Å². The van der Waals surface area contributed by atoms with Gasteiger partial charge in [0.1, 0.15) is 0 Å². The van der Waals surface area contributed by atoms with Gasteiger partial charge in [-0.2, -0.15) is 0 Å². The van der Waals surface area contributed by atoms with Crippen molar-refractivity contribution in [3.63, 3.8) is 0 Å². The second-order valence-electron chi connectivity index (χ2n) is 7.59. The van der Waals surface area contributed by atoms with Gasteiger partial charge in [0.15, 0.2) is 0 Å². The van der Waals surface area contributed by atoms with Crippen LogP contribution >= 0.6 is 27.3 Å². The number of amides is 2. The van der Waals surface area contributed by atoms with E-state index >= 15 is 0 Å². The first-order chi connectivity index (χ1) is 13.5. The first kappa shape index (κ1) is 21.3. The Morgan fingerprint density at radius 3 is 2.86 bits per heavy atom. The second kappa shape index (κ2) is 10.4. The lowest BCUT2D eigenvalue weighted by molar-refractivity contribution is 0.150. The van der Waals surface area contributed by atoms with Crippen LogP contribution in [0.15, 0.2) is 40.2 Å². The molecule has 1 aliphatic rings. The summed E-state index contributed by atoms with van der Waals surface area (Å²) in [6.07, 6.45) is 4.93. The monoisotopic (exact) mass is 463 g/mol. The largest absolute Gasteiger partial charge is 0.322 e. The van der Waals surface area contributed by atoms with Gasteiger partial charge < -0.3 is 15.1 Å². The highest BCUT2D eigenvalue weighted by Crippen LogP contribution is 2.23. The number of urea groups is 1. The molecule has 1 saturated heterocycles. The molecule has 0 aliphatic carbocycles. The van der Waals surface area contributed by atoms with E-state index in [4.69, 9.17) is 0 Å². The highest BCUT2D eigenvalue weighted by atomic mass is 79.9. The highest BCUT2D eigenvalue weighted by molar-refractivity contribution is 9.10. The maximum atomic E-state index is 13.0. The van der Waals surface area contributed by atoms with Crippen LogP contribution in [0.3, 0.4) is 0 Å². The van der Waals surface area contributed by atoms with Crippen LogP contribution in [0.2, 0.25) is 0 Å². The first-order valence-electron chi connectivity index (χ1n) is 10.1. The van der Waals surface area contributed by atoms with Crippen LogP contribution in [0, 0.1) is 6.92 Å². The van der Waals surface area contributed by atoms with Crippen molar-refractivity contribution in [3.8, 4) is 0 Å². The fourth-order valence-corrected chi connectivity index (χ4v) is 5.01. The third-order valence-corrected chi connectivity index (χ3v) is 7.22. The quantitative estimate of drug-likeness (QED) is 0.536. The topological polar surface area (TPSA) is 35.6 Å². The lowest BCUT2D eigenvalue weighted by atomic mass is 10.0. The molecule has 2 aromatic rings. The highest BCUT2D eigenvalue weighted by Gasteiger charge is 2.20. The maximum absolute atomic E-state index is 13.0. The van der Waals surface area contributed by atoms with Gasteiger partial charge in [-0.1, -0.05) is 18.6 Å². The number of carbonyl (C=O) groups excluding carboxylic acids is 1. The molecule has 1 aliphatic heterocycles. The van der Waals surface area contributed by atoms with E-state index < -0.39 is 0 Å². The third kappa shape index (κ3) is 5.82. The van der Waals surface area contributed by atoms with Gasteiger partial charge in [0.05, 0.1) is 12.2 Å². The van der Waals surface area contributed by atoms with Crippen molar-refractivity contribution in [1.29, 1.82) is 0 Å². The zero-order chi connectivity index (χ0) is 19.9. The summed E-state index contributed by atoms with van der Waals surface area (Å²) in [5.74, 6) is 0. The summed E-state index contributed by atoms with van der Waals surface area (Å²) in [7, 11) is 0. The molecule has 1 unspecified atom stereocenters. The van der Waals surface area contributed by atoms with E-state index in [0.29, 0.717) is 12.6 Å². The number of anilines is 1. The number of nitrogens with one attached hydrogen (secondary N) is 1. The van der Waals surface area contributed by atoms with Crippen molar-refractivity contribution in [2.45, 2.75) is 52.1 Å². The van der Waals surface area contributed by atoms with Gasteiger partial charge >= 0.3 is 6.03 Å². The van der Waals surface area contributed by atoms with E-state index in [1.54, 1.807) is 11.3 Å². The number of para-hydroxylation sites is 1. The summed E-state index contributed by atoms with van der Waals surface area (Å²) in [6.45, 7) is 8.11. The van der Waals surface area contributed by atoms with E-state index in [1.165, 1.54) is 36.2 Å². The number of carbonyl (C=O) groups is 1. The smallest absolute Gasteiger partial charge is 0.319 e. The number of piperidine rings is 1. The molecule has 28 heavy (non-hydrogen) atoms. The molecule has 3 rings (SSSR count). The van der Waals surface area contributed by atoms with Crippen LogP contribution in [0.4, 0.5) is 10.5 Å². The van der Waals surface area contributed by atoms with Crippen LogP contribution in [-0.4, -0.2) is 41.5 Å². The number of nitrogens with zero attached hydrogens (tertiary/aromatic N) is 2. The summed E-state index contributed by atoms with van der Waals surface area (Å²) >= 11 is 5.24. The molecule has 2 heterocycles. The molecule has 1 atom stereocenters. The average Bonchev–Trinajstić information content (AvgIpc) is 3.09. The van der Waals surface area contributed by atoms with E-state index in [9.17, 15) is 4.79 Å². The average molecular weight is 464 g/mol. The SMILES string of the molecule is Cc1ccsc1CN(CCCN1CCCCC1C)C(=O)Nc1ccccc1Br. The minimum absolute atomic E-state index is 0.0357. The molecule has 6 heteroatoms. The van der Waals surface area contributed by atoms with E-state index in [-0.39, 0.29) is 6.03 Å². The number of aryl methyl sites for hydroxylation is 1. The molecule has 0 saturated carbocycles. The third-order valence-electron chi connectivity index (χ3n) is 5.52. The summed E-state index contributed by atoms with van der Waals surface area (Å²) in [5.41, 5.74) is 2.07. The molecule has 0 spiro atoms. The van der Waals surface area contributed by atoms with E-state index in [2.05, 4.69) is 51.4 Å². The number of hydrogen-bond acceptors (Lipinski definition) is 3. The van der Waals surface area contributed by atoms with Gasteiger partial charge in [-0.15, -0.1) is 11.3 Å². The molecule has 152 valence electrons. The van der Waals surface area contributed by atoms with Crippen LogP contribution in [-0.2, 0) is 6.54 Å². The van der Waals surface area contributed by atoms with E-state index in [1.807, 2.05) is 29.2 Å². The Hall–Kier alpha value is -1.37. The molecule has 1 aromatic carbocycles. The molecular formula is C22H30BrN3OS. The Morgan fingerprint density at radius 2 is 2.14 bits per heavy atom. The maximum Gasteiger partial charge on any atom is 0.322 e. The molecule has 0 radical (unpaired) electrons. The minimum Gasteiger partial charge on any atom is -0.319 e. The lowest BCUT2D eigenvalue weighted by Gasteiger charge is -2.34. The fraction of sp³-hybridized carbons (Fsp3) is 0.500. The van der Waals surface area contributed by atoms with Crippen molar-refractivity contribution in [1.82, 2.24) is 9.80 Å². The second-order valence-corrected chi connectivity index (χ2v) is 9.45. The normalized spacial score (nSPS) is 17.5. The zero-order valence-electron chi connectivity index (χ0n) is 16.8. The van der Waals surface area contributed by atoms with Crippen molar-refractivity contribution in [3.05, 3.63) is 50.6 Å². The zero-order valence-corrected chi connectivity index (χ0v) is 19.2. The van der Waals surface area contributed by atoms with E-state index in [0.717, 1.165) is 29.7 Å². The molecular weight excluding hydrogens is 434 g/mol. The molecule has 0 bridgehead atoms. The summed E-state index contributed by atoms with van der Waals surface area (Å²) in [4.78, 5) is 18.8. The Kier molecular flexibility index (Phi) is 7.94. The fourth-order valence-electron chi connectivity index (χ4n) is 3.70. The summed E-state index contributed by atoms with van der Waals surface area (Å²) in [6, 6.07) is 10.5. The van der Waals surface area contributed by atoms with Crippen LogP contribution in [0.5, 0.6) is 0 Å². The van der Waals surface area contributed by atoms with Crippen molar-refractivity contribution in [2.75, 3.05) is 25.0 Å². The van der Waals surface area contributed by atoms with Gasteiger partial charge in [0, 0.05) is 28.5 Å². The number of halogens is 1. The first-order valence-corrected chi connectivity index (χ1v) is 11.8. The molecule has 2 amide bonds. The number of benzene rings is 1. The van der Waals surface area contributed by atoms with Gasteiger partial charge in [0.2, 0.25) is 0 Å². The number of hydrogen-bond donors (Lipinski definition) is 1.